The molecule has 0 saturated carbocycles. The molecule has 0 spiro atoms. The number of hydrogen-bond acceptors (Lipinski definition) is 5. The fourth-order valence-electron chi connectivity index (χ4n) is 3.23. The van der Waals surface area contributed by atoms with E-state index in [0.29, 0.717) is 22.5 Å². The molecule has 146 valence electrons. The predicted molar refractivity (Wildman–Crippen MR) is 114 cm³/mol. The van der Waals surface area contributed by atoms with Crippen LogP contribution in [0.4, 0.5) is 0 Å². The summed E-state index contributed by atoms with van der Waals surface area (Å²) in [7, 11) is 1.53. The predicted octanol–water partition coefficient (Wildman–Crippen LogP) is 3.21. The number of amidine groups is 1. The molecule has 3 N–H and O–H groups in total. The van der Waals surface area contributed by atoms with Gasteiger partial charge in [0.05, 0.1) is 30.3 Å². The number of benzene rings is 2. The molecule has 3 rings (SSSR count). The van der Waals surface area contributed by atoms with E-state index >= 15 is 0 Å². The zero-order chi connectivity index (χ0) is 21.0. The van der Waals surface area contributed by atoms with E-state index < -0.39 is 12.0 Å². The molecule has 0 saturated heterocycles. The van der Waals surface area contributed by atoms with Gasteiger partial charge in [-0.3, -0.25) is 14.4 Å². The molecule has 0 amide bonds. The zero-order valence-corrected chi connectivity index (χ0v) is 16.2. The lowest BCUT2D eigenvalue weighted by atomic mass is 10.1. The van der Waals surface area contributed by atoms with Crippen LogP contribution >= 0.6 is 0 Å². The number of pyridine rings is 1. The molecular formula is C22H21N5O2. The smallest absolute Gasteiger partial charge is 0.267 e. The van der Waals surface area contributed by atoms with Crippen LogP contribution < -0.4 is 16.0 Å². The molecule has 0 aliphatic heterocycles. The Hall–Kier alpha value is -3.92. The number of nitrogens with one attached hydrogen (secondary N) is 1. The Balaban J connectivity index is 2.31. The van der Waals surface area contributed by atoms with Crippen LogP contribution in [-0.2, 0) is 0 Å². The van der Waals surface area contributed by atoms with E-state index in [4.69, 9.17) is 21.1 Å². The molecule has 2 atom stereocenters. The second kappa shape index (κ2) is 8.40. The number of fused-ring (bicyclic) bond motifs is 1. The van der Waals surface area contributed by atoms with Crippen molar-refractivity contribution >= 4 is 22.8 Å². The van der Waals surface area contributed by atoms with Crippen LogP contribution in [-0.4, -0.2) is 23.7 Å². The molecule has 0 radical (unpaired) electrons. The van der Waals surface area contributed by atoms with Crippen molar-refractivity contribution in [2.24, 2.45) is 16.6 Å². The molecule has 7 nitrogen and oxygen atoms in total. The van der Waals surface area contributed by atoms with Gasteiger partial charge in [0.15, 0.2) is 0 Å². The van der Waals surface area contributed by atoms with E-state index in [1.165, 1.54) is 7.11 Å². The van der Waals surface area contributed by atoms with Gasteiger partial charge in [-0.25, -0.2) is 0 Å². The first-order chi connectivity index (χ1) is 14.0. The third kappa shape index (κ3) is 3.73. The second-order valence-corrected chi connectivity index (χ2v) is 6.47. The maximum absolute atomic E-state index is 13.5. The minimum atomic E-state index is -0.908. The highest BCUT2D eigenvalue weighted by molar-refractivity contribution is 5.98. The minimum Gasteiger partial charge on any atom is -0.496 e. The number of methoxy groups -OCH3 is 1. The highest BCUT2D eigenvalue weighted by atomic mass is 16.5. The number of nitrogens with zero attached hydrogens (tertiary/aromatic N) is 3. The minimum absolute atomic E-state index is 0.0350. The maximum atomic E-state index is 13.5. The fraction of sp³-hybridized carbons (Fsp3) is 0.182. The molecule has 3 aromatic rings. The molecular weight excluding hydrogens is 366 g/mol. The third-order valence-electron chi connectivity index (χ3n) is 4.67. The number of rotatable bonds is 6. The van der Waals surface area contributed by atoms with E-state index in [-0.39, 0.29) is 11.4 Å². The Labute approximate surface area is 168 Å². The number of nitrogens with two attached hydrogens (primary N) is 1. The van der Waals surface area contributed by atoms with Crippen LogP contribution in [0.25, 0.3) is 16.5 Å². The average molecular weight is 387 g/mol. The molecule has 0 fully saturated rings. The SMILES string of the molecule is COc1cccc2cc(C(C)N=C(N)C(C#N)C=N)n(-c3ccccc3)c(=O)c12. The van der Waals surface area contributed by atoms with Crippen molar-refractivity contribution in [3.63, 3.8) is 0 Å². The molecule has 0 aliphatic rings. The maximum Gasteiger partial charge on any atom is 0.267 e. The number of ether oxygens (including phenoxy) is 1. The van der Waals surface area contributed by atoms with Gasteiger partial charge in [0, 0.05) is 11.9 Å². The van der Waals surface area contributed by atoms with E-state index in [1.54, 1.807) is 17.6 Å². The van der Waals surface area contributed by atoms with Gasteiger partial charge in [0.25, 0.3) is 5.56 Å². The van der Waals surface area contributed by atoms with Crippen LogP contribution in [0.3, 0.4) is 0 Å². The standard InChI is InChI=1S/C22H21N5O2/c1-14(26-21(25)16(12-23)13-24)18-11-15-7-6-10-19(29-2)20(15)22(28)27(18)17-8-4-3-5-9-17/h3-12,14,16,23H,1-2H3,(H2,25,26). The van der Waals surface area contributed by atoms with Gasteiger partial charge in [0.2, 0.25) is 0 Å². The molecule has 7 heteroatoms. The molecule has 29 heavy (non-hydrogen) atoms. The van der Waals surface area contributed by atoms with Gasteiger partial charge in [-0.1, -0.05) is 30.3 Å². The molecule has 2 unspecified atom stereocenters. The summed E-state index contributed by atoms with van der Waals surface area (Å²) in [4.78, 5) is 17.9. The average Bonchev–Trinajstić information content (AvgIpc) is 2.74. The molecule has 1 heterocycles. The quantitative estimate of drug-likeness (QED) is 0.499. The van der Waals surface area contributed by atoms with Crippen molar-refractivity contribution < 1.29 is 4.74 Å². The molecule has 1 aromatic heterocycles. The normalized spacial score (nSPS) is 13.5. The molecule has 2 aromatic carbocycles. The second-order valence-electron chi connectivity index (χ2n) is 6.47. The summed E-state index contributed by atoms with van der Waals surface area (Å²) in [5.74, 6) is -0.379. The summed E-state index contributed by atoms with van der Waals surface area (Å²) in [5, 5.41) is 17.6. The highest BCUT2D eigenvalue weighted by Crippen LogP contribution is 2.28. The summed E-state index contributed by atoms with van der Waals surface area (Å²) in [6.45, 7) is 1.80. The lowest BCUT2D eigenvalue weighted by molar-refractivity contribution is 0.419. The number of aromatic nitrogens is 1. The summed E-state index contributed by atoms with van der Waals surface area (Å²) < 4.78 is 6.98. The van der Waals surface area contributed by atoms with Crippen LogP contribution in [0.2, 0.25) is 0 Å². The monoisotopic (exact) mass is 387 g/mol. The Morgan fingerprint density at radius 1 is 1.28 bits per heavy atom. The Morgan fingerprint density at radius 2 is 2.00 bits per heavy atom. The van der Waals surface area contributed by atoms with Crippen molar-refractivity contribution in [3.8, 4) is 17.5 Å². The van der Waals surface area contributed by atoms with Crippen molar-refractivity contribution in [1.29, 1.82) is 10.7 Å². The third-order valence-corrected chi connectivity index (χ3v) is 4.67. The molecule has 0 bridgehead atoms. The highest BCUT2D eigenvalue weighted by Gasteiger charge is 2.19. The Bertz CT molecular complexity index is 1180. The first kappa shape index (κ1) is 19.8. The first-order valence-corrected chi connectivity index (χ1v) is 9.03. The van der Waals surface area contributed by atoms with E-state index in [9.17, 15) is 4.79 Å². The first-order valence-electron chi connectivity index (χ1n) is 9.03. The fourth-order valence-corrected chi connectivity index (χ4v) is 3.23. The van der Waals surface area contributed by atoms with E-state index in [0.717, 1.165) is 11.6 Å². The van der Waals surface area contributed by atoms with Crippen molar-refractivity contribution in [2.45, 2.75) is 13.0 Å². The van der Waals surface area contributed by atoms with Crippen LogP contribution in [0.1, 0.15) is 18.7 Å². The number of hydrogen-bond donors (Lipinski definition) is 2. The zero-order valence-electron chi connectivity index (χ0n) is 16.2. The van der Waals surface area contributed by atoms with Crippen LogP contribution in [0.15, 0.2) is 64.4 Å². The van der Waals surface area contributed by atoms with Crippen molar-refractivity contribution in [2.75, 3.05) is 7.11 Å². The lowest BCUT2D eigenvalue weighted by Crippen LogP contribution is -2.26. The van der Waals surface area contributed by atoms with Crippen LogP contribution in [0.5, 0.6) is 5.75 Å². The van der Waals surface area contributed by atoms with Gasteiger partial charge >= 0.3 is 0 Å². The van der Waals surface area contributed by atoms with Gasteiger partial charge in [-0.2, -0.15) is 5.26 Å². The van der Waals surface area contributed by atoms with E-state index in [1.807, 2.05) is 54.6 Å². The van der Waals surface area contributed by atoms with Gasteiger partial charge < -0.3 is 15.9 Å². The van der Waals surface area contributed by atoms with Crippen LogP contribution in [0, 0.1) is 22.7 Å². The molecule has 0 aliphatic carbocycles. The Morgan fingerprint density at radius 3 is 2.62 bits per heavy atom. The topological polar surface area (TPSA) is 117 Å². The van der Waals surface area contributed by atoms with Crippen molar-refractivity contribution in [3.05, 3.63) is 70.6 Å². The lowest BCUT2D eigenvalue weighted by Gasteiger charge is -2.19. The largest absolute Gasteiger partial charge is 0.496 e. The van der Waals surface area contributed by atoms with Crippen molar-refractivity contribution in [1.82, 2.24) is 4.57 Å². The summed E-state index contributed by atoms with van der Waals surface area (Å²) >= 11 is 0. The summed E-state index contributed by atoms with van der Waals surface area (Å²) in [6, 6.07) is 17.9. The number of aliphatic imine (C=N–C) groups is 1. The van der Waals surface area contributed by atoms with Gasteiger partial charge in [-0.05, 0) is 36.6 Å². The number of nitriles is 1. The van der Waals surface area contributed by atoms with E-state index in [2.05, 4.69) is 4.99 Å². The summed E-state index contributed by atoms with van der Waals surface area (Å²) in [6.07, 6.45) is 0.946. The summed E-state index contributed by atoms with van der Waals surface area (Å²) in [5.41, 5.74) is 7.00. The Kier molecular flexibility index (Phi) is 5.74. The van der Waals surface area contributed by atoms with Gasteiger partial charge in [0.1, 0.15) is 17.5 Å². The number of para-hydroxylation sites is 1. The van der Waals surface area contributed by atoms with Gasteiger partial charge in [-0.15, -0.1) is 0 Å².